The Kier molecular flexibility index (Phi) is 1.92. The fraction of sp³-hybridized carbons (Fsp3) is 0.222. The van der Waals surface area contributed by atoms with Crippen molar-refractivity contribution in [1.29, 1.82) is 0 Å². The van der Waals surface area contributed by atoms with Gasteiger partial charge in [0.25, 0.3) is 5.91 Å². The third-order valence-electron chi connectivity index (χ3n) is 2.07. The first-order valence-electron chi connectivity index (χ1n) is 4.13. The summed E-state index contributed by atoms with van der Waals surface area (Å²) < 4.78 is 0. The molecule has 14 heavy (non-hydrogen) atoms. The number of pyridine rings is 1. The second-order valence-corrected chi connectivity index (χ2v) is 3.05. The summed E-state index contributed by atoms with van der Waals surface area (Å²) in [7, 11) is 0. The Morgan fingerprint density at radius 2 is 2.43 bits per heavy atom. The van der Waals surface area contributed by atoms with Gasteiger partial charge in [-0.3, -0.25) is 14.6 Å². The molecular formula is C9H8N2O3. The molecule has 72 valence electrons. The zero-order valence-electron chi connectivity index (χ0n) is 7.30. The molecule has 2 rings (SSSR count). The van der Waals surface area contributed by atoms with Crippen LogP contribution < -0.4 is 0 Å². The van der Waals surface area contributed by atoms with Crippen LogP contribution in [0.5, 0.6) is 0 Å². The molecule has 0 atom stereocenters. The van der Waals surface area contributed by atoms with Gasteiger partial charge in [0, 0.05) is 6.20 Å². The summed E-state index contributed by atoms with van der Waals surface area (Å²) in [5.41, 5.74) is 1.16. The van der Waals surface area contributed by atoms with E-state index in [1.165, 1.54) is 4.90 Å². The highest BCUT2D eigenvalue weighted by Gasteiger charge is 2.29. The molecule has 0 fully saturated rings. The summed E-state index contributed by atoms with van der Waals surface area (Å²) in [5.74, 6) is -1.26. The lowest BCUT2D eigenvalue weighted by Crippen LogP contribution is -2.29. The molecule has 1 aliphatic rings. The van der Waals surface area contributed by atoms with E-state index < -0.39 is 5.97 Å². The molecule has 0 radical (unpaired) electrons. The average Bonchev–Trinajstić information content (AvgIpc) is 2.44. The Hall–Kier alpha value is -1.91. The summed E-state index contributed by atoms with van der Waals surface area (Å²) >= 11 is 0. The number of carboxylic acids is 1. The Morgan fingerprint density at radius 1 is 1.64 bits per heavy atom. The smallest absolute Gasteiger partial charge is 0.323 e. The number of hydrogen-bond acceptors (Lipinski definition) is 3. The lowest BCUT2D eigenvalue weighted by atomic mass is 10.2. The van der Waals surface area contributed by atoms with Gasteiger partial charge in [0.05, 0.1) is 17.8 Å². The van der Waals surface area contributed by atoms with Gasteiger partial charge in [-0.15, -0.1) is 0 Å². The van der Waals surface area contributed by atoms with Gasteiger partial charge in [-0.2, -0.15) is 0 Å². The van der Waals surface area contributed by atoms with E-state index in [-0.39, 0.29) is 12.5 Å². The van der Waals surface area contributed by atoms with E-state index in [1.54, 1.807) is 18.3 Å². The predicted octanol–water partition coefficient (Wildman–Crippen LogP) is 0.122. The highest BCUT2D eigenvalue weighted by Crippen LogP contribution is 2.19. The third kappa shape index (κ3) is 1.32. The largest absolute Gasteiger partial charge is 0.480 e. The monoisotopic (exact) mass is 192 g/mol. The van der Waals surface area contributed by atoms with E-state index >= 15 is 0 Å². The number of amides is 1. The maximum absolute atomic E-state index is 11.6. The molecule has 0 spiro atoms. The maximum atomic E-state index is 11.6. The minimum absolute atomic E-state index is 0.254. The Morgan fingerprint density at radius 3 is 3.07 bits per heavy atom. The first-order chi connectivity index (χ1) is 6.68. The Labute approximate surface area is 80.0 Å². The summed E-state index contributed by atoms with van der Waals surface area (Å²) in [6.45, 7) is 0.0243. The molecule has 2 heterocycles. The van der Waals surface area contributed by atoms with Gasteiger partial charge in [0.1, 0.15) is 6.54 Å². The number of nitrogens with zero attached hydrogens (tertiary/aromatic N) is 2. The number of aliphatic carboxylic acids is 1. The number of carbonyl (C=O) groups is 2. The molecule has 0 saturated carbocycles. The zero-order chi connectivity index (χ0) is 10.1. The minimum atomic E-state index is -1.01. The third-order valence-corrected chi connectivity index (χ3v) is 2.07. The Bertz CT molecular complexity index is 403. The second kappa shape index (κ2) is 3.10. The van der Waals surface area contributed by atoms with Gasteiger partial charge in [-0.25, -0.2) is 0 Å². The van der Waals surface area contributed by atoms with Crippen molar-refractivity contribution in [2.75, 3.05) is 6.54 Å². The first-order valence-corrected chi connectivity index (χ1v) is 4.13. The summed E-state index contributed by atoms with van der Waals surface area (Å²) in [4.78, 5) is 27.3. The topological polar surface area (TPSA) is 70.5 Å². The molecule has 1 N–H and O–H groups in total. The van der Waals surface area contributed by atoms with Crippen molar-refractivity contribution in [1.82, 2.24) is 9.88 Å². The lowest BCUT2D eigenvalue weighted by Gasteiger charge is -2.10. The molecule has 5 nitrogen and oxygen atoms in total. The van der Waals surface area contributed by atoms with E-state index in [9.17, 15) is 9.59 Å². The highest BCUT2D eigenvalue weighted by molar-refractivity contribution is 5.99. The van der Waals surface area contributed by atoms with Crippen LogP contribution in [-0.4, -0.2) is 33.4 Å². The number of carboxylic acid groups (broad SMARTS) is 1. The quantitative estimate of drug-likeness (QED) is 0.722. The summed E-state index contributed by atoms with van der Waals surface area (Å²) in [6, 6.07) is 3.33. The Balaban J connectivity index is 2.26. The number of aromatic nitrogens is 1. The SMILES string of the molecule is O=C(O)CN1Cc2ncccc2C1=O. The van der Waals surface area contributed by atoms with E-state index in [2.05, 4.69) is 4.98 Å². The van der Waals surface area contributed by atoms with E-state index in [0.717, 1.165) is 0 Å². The van der Waals surface area contributed by atoms with Crippen molar-refractivity contribution in [3.8, 4) is 0 Å². The number of rotatable bonds is 2. The number of carbonyl (C=O) groups excluding carboxylic acids is 1. The van der Waals surface area contributed by atoms with Gasteiger partial charge in [0.2, 0.25) is 0 Å². The highest BCUT2D eigenvalue weighted by atomic mass is 16.4. The van der Waals surface area contributed by atoms with Gasteiger partial charge in [-0.1, -0.05) is 0 Å². The summed E-state index contributed by atoms with van der Waals surface area (Å²) in [6.07, 6.45) is 1.59. The zero-order valence-corrected chi connectivity index (χ0v) is 7.30. The lowest BCUT2D eigenvalue weighted by molar-refractivity contribution is -0.137. The molecule has 5 heteroatoms. The fourth-order valence-corrected chi connectivity index (χ4v) is 1.47. The molecule has 1 aromatic rings. The van der Waals surface area contributed by atoms with Crippen LogP contribution in [0, 0.1) is 0 Å². The number of fused-ring (bicyclic) bond motifs is 1. The molecule has 0 aliphatic carbocycles. The van der Waals surface area contributed by atoms with Crippen LogP contribution in [-0.2, 0) is 11.3 Å². The normalized spacial score (nSPS) is 14.3. The molecule has 1 amide bonds. The van der Waals surface area contributed by atoms with Gasteiger partial charge in [-0.05, 0) is 12.1 Å². The van der Waals surface area contributed by atoms with Crippen LogP contribution in [0.3, 0.4) is 0 Å². The van der Waals surface area contributed by atoms with Crippen LogP contribution in [0.15, 0.2) is 18.3 Å². The van der Waals surface area contributed by atoms with E-state index in [0.29, 0.717) is 17.8 Å². The molecule has 0 bridgehead atoms. The van der Waals surface area contributed by atoms with Crippen LogP contribution in [0.25, 0.3) is 0 Å². The molecule has 0 unspecified atom stereocenters. The van der Waals surface area contributed by atoms with E-state index in [1.807, 2.05) is 0 Å². The van der Waals surface area contributed by atoms with E-state index in [4.69, 9.17) is 5.11 Å². The predicted molar refractivity (Wildman–Crippen MR) is 46.6 cm³/mol. The minimum Gasteiger partial charge on any atom is -0.480 e. The van der Waals surface area contributed by atoms with Crippen LogP contribution >= 0.6 is 0 Å². The number of hydrogen-bond donors (Lipinski definition) is 1. The van der Waals surface area contributed by atoms with Crippen molar-refractivity contribution < 1.29 is 14.7 Å². The van der Waals surface area contributed by atoms with Crippen LogP contribution in [0.4, 0.5) is 0 Å². The van der Waals surface area contributed by atoms with Gasteiger partial charge < -0.3 is 10.0 Å². The fourth-order valence-electron chi connectivity index (χ4n) is 1.47. The first kappa shape index (κ1) is 8.68. The van der Waals surface area contributed by atoms with Crippen LogP contribution in [0.1, 0.15) is 16.1 Å². The summed E-state index contributed by atoms with van der Waals surface area (Å²) in [5, 5.41) is 8.56. The molecule has 0 aromatic carbocycles. The van der Waals surface area contributed by atoms with Crippen molar-refractivity contribution in [3.63, 3.8) is 0 Å². The van der Waals surface area contributed by atoms with Crippen LogP contribution in [0.2, 0.25) is 0 Å². The van der Waals surface area contributed by atoms with Crippen molar-refractivity contribution >= 4 is 11.9 Å². The van der Waals surface area contributed by atoms with Crippen molar-refractivity contribution in [2.24, 2.45) is 0 Å². The second-order valence-electron chi connectivity index (χ2n) is 3.05. The molecule has 1 aliphatic heterocycles. The molecule has 1 aromatic heterocycles. The molecule has 0 saturated heterocycles. The van der Waals surface area contributed by atoms with Gasteiger partial charge >= 0.3 is 5.97 Å². The standard InChI is InChI=1S/C9H8N2O3/c12-8(13)5-11-4-7-6(9(11)14)2-1-3-10-7/h1-3H,4-5H2,(H,12,13). The average molecular weight is 192 g/mol. The van der Waals surface area contributed by atoms with Crippen molar-refractivity contribution in [3.05, 3.63) is 29.6 Å². The van der Waals surface area contributed by atoms with Crippen molar-refractivity contribution in [2.45, 2.75) is 6.54 Å². The van der Waals surface area contributed by atoms with Gasteiger partial charge in [0.15, 0.2) is 0 Å². The maximum Gasteiger partial charge on any atom is 0.323 e. The molecular weight excluding hydrogens is 184 g/mol.